The summed E-state index contributed by atoms with van der Waals surface area (Å²) >= 11 is 3.29. The zero-order chi connectivity index (χ0) is 11.5. The molecule has 0 saturated carbocycles. The Bertz CT molecular complexity index is 370. The van der Waals surface area contributed by atoms with Gasteiger partial charge in [-0.15, -0.1) is 10.2 Å². The van der Waals surface area contributed by atoms with Crippen molar-refractivity contribution in [3.05, 3.63) is 10.3 Å². The van der Waals surface area contributed by atoms with Gasteiger partial charge in [0.1, 0.15) is 4.60 Å². The van der Waals surface area contributed by atoms with Crippen LogP contribution in [-0.2, 0) is 0 Å². The second-order valence-corrected chi connectivity index (χ2v) is 5.01. The molecule has 0 amide bonds. The molecule has 88 valence electrons. The average Bonchev–Trinajstić information content (AvgIpc) is 2.24. The fourth-order valence-electron chi connectivity index (χ4n) is 1.92. The van der Waals surface area contributed by atoms with Crippen molar-refractivity contribution in [3.63, 3.8) is 0 Å². The third kappa shape index (κ3) is 2.89. The molecule has 1 aromatic heterocycles. The highest BCUT2D eigenvalue weighted by atomic mass is 79.9. The van der Waals surface area contributed by atoms with Crippen LogP contribution in [0.15, 0.2) is 4.60 Å². The quantitative estimate of drug-likeness (QED) is 0.891. The Labute approximate surface area is 104 Å². The van der Waals surface area contributed by atoms with E-state index in [1.807, 2.05) is 6.92 Å². The summed E-state index contributed by atoms with van der Waals surface area (Å²) < 4.78 is 0.707. The van der Waals surface area contributed by atoms with Crippen LogP contribution in [0.3, 0.4) is 0 Å². The zero-order valence-electron chi connectivity index (χ0n) is 9.57. The molecule has 0 aliphatic carbocycles. The van der Waals surface area contributed by atoms with Crippen LogP contribution in [0.2, 0.25) is 0 Å². The van der Waals surface area contributed by atoms with Crippen LogP contribution >= 0.6 is 15.9 Å². The van der Waals surface area contributed by atoms with Crippen LogP contribution in [0.1, 0.15) is 18.5 Å². The fourth-order valence-corrected chi connectivity index (χ4v) is 2.09. The molecule has 2 rings (SSSR count). The van der Waals surface area contributed by atoms with Gasteiger partial charge in [-0.1, -0.05) is 0 Å². The van der Waals surface area contributed by atoms with Gasteiger partial charge in [-0.05, 0) is 49.3 Å². The Kier molecular flexibility index (Phi) is 3.70. The maximum atomic E-state index is 4.34. The van der Waals surface area contributed by atoms with E-state index in [1.54, 1.807) is 0 Å². The number of nitrogens with zero attached hydrogens (tertiary/aromatic N) is 4. The lowest BCUT2D eigenvalue weighted by molar-refractivity contribution is 0.260. The number of halogens is 1. The zero-order valence-corrected chi connectivity index (χ0v) is 11.2. The molecule has 0 radical (unpaired) electrons. The first-order chi connectivity index (χ1) is 7.65. The summed E-state index contributed by atoms with van der Waals surface area (Å²) in [5.41, 5.74) is 0.863. The summed E-state index contributed by atoms with van der Waals surface area (Å²) in [5.74, 6) is 0.626. The normalized spacial score (nSPS) is 22.1. The largest absolute Gasteiger partial charge is 0.349 e. The van der Waals surface area contributed by atoms with Gasteiger partial charge in [0.2, 0.25) is 5.95 Å². The van der Waals surface area contributed by atoms with E-state index in [4.69, 9.17) is 0 Å². The lowest BCUT2D eigenvalue weighted by Gasteiger charge is -2.30. The molecule has 5 nitrogen and oxygen atoms in total. The van der Waals surface area contributed by atoms with Crippen LogP contribution in [-0.4, -0.2) is 46.3 Å². The molecule has 0 unspecified atom stereocenters. The lowest BCUT2D eigenvalue weighted by atomic mass is 10.1. The number of likely N-dealkylation sites (tertiary alicyclic amines) is 1. The summed E-state index contributed by atoms with van der Waals surface area (Å²) in [7, 11) is 2.14. The predicted octanol–water partition coefficient (Wildman–Crippen LogP) is 1.45. The molecule has 16 heavy (non-hydrogen) atoms. The molecule has 6 heteroatoms. The highest BCUT2D eigenvalue weighted by Gasteiger charge is 2.17. The van der Waals surface area contributed by atoms with Crippen molar-refractivity contribution in [3.8, 4) is 0 Å². The van der Waals surface area contributed by atoms with Crippen LogP contribution in [0.5, 0.6) is 0 Å². The Morgan fingerprint density at radius 2 is 2.25 bits per heavy atom. The minimum Gasteiger partial charge on any atom is -0.349 e. The van der Waals surface area contributed by atoms with Crippen molar-refractivity contribution < 1.29 is 0 Å². The summed E-state index contributed by atoms with van der Waals surface area (Å²) in [6.07, 6.45) is 2.39. The molecule has 1 aliphatic rings. The van der Waals surface area contributed by atoms with Crippen LogP contribution in [0.25, 0.3) is 0 Å². The molecule has 1 aliphatic heterocycles. The summed E-state index contributed by atoms with van der Waals surface area (Å²) in [6, 6.07) is 0.432. The Morgan fingerprint density at radius 1 is 1.44 bits per heavy atom. The van der Waals surface area contributed by atoms with Gasteiger partial charge in [0, 0.05) is 12.6 Å². The number of anilines is 1. The first-order valence-corrected chi connectivity index (χ1v) is 6.26. The minimum absolute atomic E-state index is 0.432. The summed E-state index contributed by atoms with van der Waals surface area (Å²) in [5, 5.41) is 11.3. The van der Waals surface area contributed by atoms with E-state index in [9.17, 15) is 0 Å². The third-order valence-corrected chi connectivity index (χ3v) is 3.49. The van der Waals surface area contributed by atoms with E-state index in [2.05, 4.69) is 48.4 Å². The van der Waals surface area contributed by atoms with E-state index in [0.29, 0.717) is 16.6 Å². The van der Waals surface area contributed by atoms with Gasteiger partial charge >= 0.3 is 0 Å². The van der Waals surface area contributed by atoms with Gasteiger partial charge in [0.25, 0.3) is 0 Å². The van der Waals surface area contributed by atoms with E-state index in [-0.39, 0.29) is 0 Å². The molecule has 0 aromatic carbocycles. The highest BCUT2D eigenvalue weighted by Crippen LogP contribution is 2.14. The highest BCUT2D eigenvalue weighted by molar-refractivity contribution is 9.10. The maximum absolute atomic E-state index is 4.34. The van der Waals surface area contributed by atoms with Crippen molar-refractivity contribution in [2.24, 2.45) is 0 Å². The molecular weight excluding hydrogens is 270 g/mol. The molecule has 0 spiro atoms. The molecular formula is C10H16BrN5. The molecule has 0 bridgehead atoms. The number of hydrogen-bond acceptors (Lipinski definition) is 5. The van der Waals surface area contributed by atoms with Crippen LogP contribution < -0.4 is 5.32 Å². The molecule has 2 heterocycles. The van der Waals surface area contributed by atoms with Gasteiger partial charge in [-0.25, -0.2) is 4.98 Å². The van der Waals surface area contributed by atoms with E-state index < -0.39 is 0 Å². The molecule has 1 aromatic rings. The smallest absolute Gasteiger partial charge is 0.243 e. The molecule has 1 saturated heterocycles. The lowest BCUT2D eigenvalue weighted by Crippen LogP contribution is -2.40. The Balaban J connectivity index is 2.00. The number of hydrogen-bond donors (Lipinski definition) is 1. The third-order valence-electron chi connectivity index (χ3n) is 2.76. The second kappa shape index (κ2) is 5.05. The first kappa shape index (κ1) is 11.7. The van der Waals surface area contributed by atoms with Crippen molar-refractivity contribution >= 4 is 21.9 Å². The SMILES string of the molecule is Cc1nc(N[C@@H]2CCCN(C)C2)nnc1Br. The average molecular weight is 286 g/mol. The number of aryl methyl sites for hydroxylation is 1. The van der Waals surface area contributed by atoms with Crippen molar-refractivity contribution in [1.29, 1.82) is 0 Å². The van der Waals surface area contributed by atoms with Crippen molar-refractivity contribution in [2.75, 3.05) is 25.5 Å². The predicted molar refractivity (Wildman–Crippen MR) is 66.4 cm³/mol. The van der Waals surface area contributed by atoms with Gasteiger partial charge in [0.05, 0.1) is 5.69 Å². The van der Waals surface area contributed by atoms with Gasteiger partial charge in [-0.2, -0.15) is 0 Å². The number of rotatable bonds is 2. The van der Waals surface area contributed by atoms with Crippen LogP contribution in [0, 0.1) is 6.92 Å². The number of likely N-dealkylation sites (N-methyl/N-ethyl adjacent to an activating group) is 1. The molecule has 1 atom stereocenters. The first-order valence-electron chi connectivity index (χ1n) is 5.47. The molecule has 1 N–H and O–H groups in total. The molecule has 1 fully saturated rings. The number of piperidine rings is 1. The van der Waals surface area contributed by atoms with Gasteiger partial charge in [-0.3, -0.25) is 0 Å². The van der Waals surface area contributed by atoms with Crippen molar-refractivity contribution in [1.82, 2.24) is 20.1 Å². The maximum Gasteiger partial charge on any atom is 0.243 e. The Hall–Kier alpha value is -0.750. The summed E-state index contributed by atoms with van der Waals surface area (Å²) in [6.45, 7) is 4.13. The minimum atomic E-state index is 0.432. The van der Waals surface area contributed by atoms with E-state index >= 15 is 0 Å². The standard InChI is InChI=1S/C10H16BrN5/c1-7-9(11)14-15-10(12-7)13-8-4-3-5-16(2)6-8/h8H,3-6H2,1-2H3,(H,12,13,15)/t8-/m1/s1. The fraction of sp³-hybridized carbons (Fsp3) is 0.700. The van der Waals surface area contributed by atoms with Gasteiger partial charge in [0.15, 0.2) is 0 Å². The second-order valence-electron chi connectivity index (χ2n) is 4.26. The van der Waals surface area contributed by atoms with Crippen LogP contribution in [0.4, 0.5) is 5.95 Å². The van der Waals surface area contributed by atoms with Crippen molar-refractivity contribution in [2.45, 2.75) is 25.8 Å². The van der Waals surface area contributed by atoms with E-state index in [1.165, 1.54) is 19.4 Å². The number of nitrogens with one attached hydrogen (secondary N) is 1. The van der Waals surface area contributed by atoms with E-state index in [0.717, 1.165) is 12.2 Å². The topological polar surface area (TPSA) is 53.9 Å². The monoisotopic (exact) mass is 285 g/mol. The number of aromatic nitrogens is 3. The summed E-state index contributed by atoms with van der Waals surface area (Å²) in [4.78, 5) is 6.66. The van der Waals surface area contributed by atoms with Gasteiger partial charge < -0.3 is 10.2 Å². The Morgan fingerprint density at radius 3 is 2.94 bits per heavy atom.